The summed E-state index contributed by atoms with van der Waals surface area (Å²) in [6.45, 7) is 4.32. The van der Waals surface area contributed by atoms with Crippen molar-refractivity contribution >= 4 is 23.6 Å². The minimum Gasteiger partial charge on any atom is -0.355 e. The van der Waals surface area contributed by atoms with Crippen LogP contribution in [-0.4, -0.2) is 86.9 Å². The first-order chi connectivity index (χ1) is 20.7. The van der Waals surface area contributed by atoms with Crippen LogP contribution in [0.4, 0.5) is 4.39 Å². The SMILES string of the molecule is CC(C)[C@@H]1CN(C(=O)c2cc(-c3ccncc3)n[nH]2)CC(=O)NCCCc2ccc(F)c(c2)C(=O)N2CCC[C@H]2C(=O)N1. The fourth-order valence-corrected chi connectivity index (χ4v) is 5.51. The number of amides is 4. The largest absolute Gasteiger partial charge is 0.355 e. The van der Waals surface area contributed by atoms with E-state index in [1.54, 1.807) is 36.7 Å². The van der Waals surface area contributed by atoms with Gasteiger partial charge in [0.25, 0.3) is 11.8 Å². The van der Waals surface area contributed by atoms with Gasteiger partial charge >= 0.3 is 0 Å². The second-order valence-electron chi connectivity index (χ2n) is 11.4. The monoisotopic (exact) mass is 589 g/mol. The van der Waals surface area contributed by atoms with E-state index >= 15 is 0 Å². The number of halogens is 1. The highest BCUT2D eigenvalue weighted by Crippen LogP contribution is 2.24. The minimum atomic E-state index is -0.768. The van der Waals surface area contributed by atoms with Gasteiger partial charge in [-0.1, -0.05) is 19.9 Å². The molecule has 2 aliphatic rings. The van der Waals surface area contributed by atoms with E-state index in [0.29, 0.717) is 44.5 Å². The number of H-pyrrole nitrogens is 1. The number of fused-ring (bicyclic) bond motifs is 3. The number of nitrogens with one attached hydrogen (secondary N) is 3. The number of aryl methyl sites for hydroxylation is 1. The Morgan fingerprint density at radius 1 is 1.07 bits per heavy atom. The van der Waals surface area contributed by atoms with E-state index in [2.05, 4.69) is 25.8 Å². The Morgan fingerprint density at radius 3 is 2.63 bits per heavy atom. The zero-order valence-corrected chi connectivity index (χ0v) is 24.3. The first kappa shape index (κ1) is 29.9. The van der Waals surface area contributed by atoms with Crippen LogP contribution < -0.4 is 10.6 Å². The molecule has 4 heterocycles. The molecule has 11 nitrogen and oxygen atoms in total. The number of hydrogen-bond donors (Lipinski definition) is 3. The molecule has 3 N–H and O–H groups in total. The first-order valence-corrected chi connectivity index (χ1v) is 14.6. The predicted octanol–water partition coefficient (Wildman–Crippen LogP) is 2.56. The molecule has 1 saturated heterocycles. The van der Waals surface area contributed by atoms with Crippen LogP contribution in [0.15, 0.2) is 48.8 Å². The van der Waals surface area contributed by atoms with Gasteiger partial charge in [-0.15, -0.1) is 0 Å². The Hall–Kier alpha value is -4.61. The lowest BCUT2D eigenvalue weighted by Crippen LogP contribution is -2.54. The average Bonchev–Trinajstić information content (AvgIpc) is 3.69. The molecule has 0 radical (unpaired) electrons. The summed E-state index contributed by atoms with van der Waals surface area (Å²) in [5, 5.41) is 12.9. The summed E-state index contributed by atoms with van der Waals surface area (Å²) in [6, 6.07) is 8.30. The van der Waals surface area contributed by atoms with Crippen molar-refractivity contribution in [3.63, 3.8) is 0 Å². The zero-order chi connectivity index (χ0) is 30.5. The van der Waals surface area contributed by atoms with Crippen molar-refractivity contribution in [3.8, 4) is 11.3 Å². The fourth-order valence-electron chi connectivity index (χ4n) is 5.51. The topological polar surface area (TPSA) is 140 Å². The van der Waals surface area contributed by atoms with Crippen molar-refractivity contribution in [2.45, 2.75) is 51.6 Å². The average molecular weight is 590 g/mol. The maximum Gasteiger partial charge on any atom is 0.272 e. The Balaban J connectivity index is 1.43. The number of aromatic nitrogens is 3. The number of benzene rings is 1. The molecule has 12 heteroatoms. The molecule has 1 fully saturated rings. The summed E-state index contributed by atoms with van der Waals surface area (Å²) in [7, 11) is 0. The maximum atomic E-state index is 14.8. The highest BCUT2D eigenvalue weighted by molar-refractivity contribution is 5.98. The molecule has 2 aromatic heterocycles. The van der Waals surface area contributed by atoms with Crippen LogP contribution in [0.3, 0.4) is 0 Å². The van der Waals surface area contributed by atoms with Gasteiger partial charge in [0.05, 0.1) is 17.8 Å². The molecule has 0 aliphatic carbocycles. The van der Waals surface area contributed by atoms with Crippen LogP contribution in [0, 0.1) is 11.7 Å². The number of nitrogens with zero attached hydrogens (tertiary/aromatic N) is 4. The molecule has 2 bridgehead atoms. The van der Waals surface area contributed by atoms with E-state index in [1.807, 2.05) is 13.8 Å². The molecular formula is C31H36FN7O4. The zero-order valence-electron chi connectivity index (χ0n) is 24.3. The molecule has 5 rings (SSSR count). The van der Waals surface area contributed by atoms with E-state index in [0.717, 1.165) is 11.1 Å². The van der Waals surface area contributed by atoms with Crippen LogP contribution in [0.1, 0.15) is 59.5 Å². The second-order valence-corrected chi connectivity index (χ2v) is 11.4. The molecule has 0 saturated carbocycles. The number of hydrogen-bond acceptors (Lipinski definition) is 6. The third kappa shape index (κ3) is 6.90. The number of aromatic amines is 1. The van der Waals surface area contributed by atoms with Crippen molar-refractivity contribution < 1.29 is 23.6 Å². The van der Waals surface area contributed by atoms with Crippen molar-refractivity contribution in [3.05, 3.63) is 71.4 Å². The highest BCUT2D eigenvalue weighted by Gasteiger charge is 2.37. The van der Waals surface area contributed by atoms with Crippen LogP contribution in [0.5, 0.6) is 0 Å². The Labute approximate surface area is 249 Å². The van der Waals surface area contributed by atoms with Gasteiger partial charge in [0.2, 0.25) is 11.8 Å². The number of rotatable bonds is 3. The van der Waals surface area contributed by atoms with Gasteiger partial charge in [0.1, 0.15) is 17.6 Å². The molecule has 226 valence electrons. The lowest BCUT2D eigenvalue weighted by atomic mass is 10.0. The third-order valence-corrected chi connectivity index (χ3v) is 8.00. The van der Waals surface area contributed by atoms with Crippen molar-refractivity contribution in [1.29, 1.82) is 0 Å². The number of carbonyl (C=O) groups excluding carboxylic acids is 4. The smallest absolute Gasteiger partial charge is 0.272 e. The van der Waals surface area contributed by atoms with Gasteiger partial charge in [-0.2, -0.15) is 5.10 Å². The summed E-state index contributed by atoms with van der Waals surface area (Å²) < 4.78 is 14.8. The van der Waals surface area contributed by atoms with E-state index in [9.17, 15) is 23.6 Å². The van der Waals surface area contributed by atoms with Gasteiger partial charge in [-0.05, 0) is 67.5 Å². The Morgan fingerprint density at radius 2 is 1.86 bits per heavy atom. The number of pyridine rings is 1. The maximum absolute atomic E-state index is 14.8. The fraction of sp³-hybridized carbons (Fsp3) is 0.419. The van der Waals surface area contributed by atoms with Gasteiger partial charge in [-0.3, -0.25) is 29.3 Å². The van der Waals surface area contributed by atoms with Gasteiger partial charge in [0, 0.05) is 43.6 Å². The van der Waals surface area contributed by atoms with Gasteiger partial charge in [0.15, 0.2) is 0 Å². The van der Waals surface area contributed by atoms with Crippen molar-refractivity contribution in [2.75, 3.05) is 26.2 Å². The van der Waals surface area contributed by atoms with E-state index < -0.39 is 29.7 Å². The molecular weight excluding hydrogens is 553 g/mol. The Kier molecular flexibility index (Phi) is 9.13. The van der Waals surface area contributed by atoms with Gasteiger partial charge < -0.3 is 20.4 Å². The number of carbonyl (C=O) groups is 4. The third-order valence-electron chi connectivity index (χ3n) is 8.00. The van der Waals surface area contributed by atoms with Crippen LogP contribution in [0.25, 0.3) is 11.3 Å². The summed E-state index contributed by atoms with van der Waals surface area (Å²) in [4.78, 5) is 60.7. The summed E-state index contributed by atoms with van der Waals surface area (Å²) in [6.07, 6.45) is 5.38. The van der Waals surface area contributed by atoms with Crippen molar-refractivity contribution in [1.82, 2.24) is 35.6 Å². The molecule has 43 heavy (non-hydrogen) atoms. The molecule has 2 aliphatic heterocycles. The molecule has 4 amide bonds. The van der Waals surface area contributed by atoms with Gasteiger partial charge in [-0.25, -0.2) is 4.39 Å². The quantitative estimate of drug-likeness (QED) is 0.429. The van der Waals surface area contributed by atoms with Crippen LogP contribution in [-0.2, 0) is 16.0 Å². The lowest BCUT2D eigenvalue weighted by molar-refractivity contribution is -0.126. The van der Waals surface area contributed by atoms with E-state index in [4.69, 9.17) is 0 Å². The second kappa shape index (κ2) is 13.1. The van der Waals surface area contributed by atoms with Crippen molar-refractivity contribution in [2.24, 2.45) is 5.92 Å². The standard InChI is InChI=1S/C31H36FN7O4/c1-19(2)26-17-38(31(43)25-16-24(36-37-25)21-9-12-33-13-10-21)18-28(40)34-11-3-5-20-7-8-23(32)22(15-20)30(42)39-14-4-6-27(39)29(41)35-26/h7-10,12-13,15-16,19,26-27H,3-6,11,14,17-18H2,1-2H3,(H,34,40)(H,35,41)(H,36,37)/t26-,27-/m0/s1. The van der Waals surface area contributed by atoms with Crippen LogP contribution >= 0.6 is 0 Å². The molecule has 3 aromatic rings. The summed E-state index contributed by atoms with van der Waals surface area (Å²) in [5.74, 6) is -2.42. The molecule has 2 atom stereocenters. The molecule has 0 spiro atoms. The predicted molar refractivity (Wildman–Crippen MR) is 156 cm³/mol. The normalized spacial score (nSPS) is 20.4. The molecule has 0 unspecified atom stereocenters. The van der Waals surface area contributed by atoms with E-state index in [-0.39, 0.29) is 42.1 Å². The highest BCUT2D eigenvalue weighted by atomic mass is 19.1. The van der Waals surface area contributed by atoms with Crippen LogP contribution in [0.2, 0.25) is 0 Å². The summed E-state index contributed by atoms with van der Waals surface area (Å²) >= 11 is 0. The molecule has 1 aromatic carbocycles. The van der Waals surface area contributed by atoms with E-state index in [1.165, 1.54) is 21.9 Å². The lowest BCUT2D eigenvalue weighted by Gasteiger charge is -2.32. The minimum absolute atomic E-state index is 0.0509. The first-order valence-electron chi connectivity index (χ1n) is 14.6. The summed E-state index contributed by atoms with van der Waals surface area (Å²) in [5.41, 5.74) is 2.23. The Bertz CT molecular complexity index is 1490.